The molecule has 1 aliphatic heterocycles. The van der Waals surface area contributed by atoms with Gasteiger partial charge in [-0.2, -0.15) is 18.4 Å². The van der Waals surface area contributed by atoms with Crippen molar-refractivity contribution >= 4 is 11.7 Å². The first-order valence-electron chi connectivity index (χ1n) is 9.46. The number of benzene rings is 2. The molecular formula is C21H16F6N2O4. The van der Waals surface area contributed by atoms with E-state index in [1.807, 2.05) is 6.07 Å². The number of hydrogen-bond donors (Lipinski definition) is 1. The predicted octanol–water partition coefficient (Wildman–Crippen LogP) is 4.84. The number of alkyl halides is 6. The molecule has 1 saturated heterocycles. The lowest BCUT2D eigenvalue weighted by Gasteiger charge is -2.27. The van der Waals surface area contributed by atoms with Gasteiger partial charge in [-0.15, -0.1) is 13.2 Å². The van der Waals surface area contributed by atoms with E-state index >= 15 is 0 Å². The molecule has 0 aliphatic carbocycles. The zero-order valence-electron chi connectivity index (χ0n) is 16.7. The number of aromatic carboxylic acids is 1. The Bertz CT molecular complexity index is 1050. The lowest BCUT2D eigenvalue weighted by Crippen LogP contribution is -2.36. The Balaban J connectivity index is 1.84. The van der Waals surface area contributed by atoms with Gasteiger partial charge in [-0.1, -0.05) is 0 Å². The van der Waals surface area contributed by atoms with Gasteiger partial charge in [0.1, 0.15) is 17.9 Å². The average Bonchev–Trinajstić information content (AvgIpc) is 3.13. The molecule has 0 spiro atoms. The van der Waals surface area contributed by atoms with Crippen LogP contribution < -0.4 is 9.64 Å². The van der Waals surface area contributed by atoms with Crippen LogP contribution in [0.5, 0.6) is 5.75 Å². The summed E-state index contributed by atoms with van der Waals surface area (Å²) in [5.41, 5.74) is -0.925. The summed E-state index contributed by atoms with van der Waals surface area (Å²) in [6, 6.07) is 8.42. The van der Waals surface area contributed by atoms with Crippen LogP contribution in [0, 0.1) is 11.3 Å². The first kappa shape index (κ1) is 24.2. The number of rotatable bonds is 6. The molecule has 0 aromatic heterocycles. The second kappa shape index (κ2) is 9.19. The van der Waals surface area contributed by atoms with E-state index in [4.69, 9.17) is 9.84 Å². The van der Waals surface area contributed by atoms with Crippen molar-refractivity contribution in [1.29, 1.82) is 5.26 Å². The highest BCUT2D eigenvalue weighted by molar-refractivity contribution is 5.89. The number of anilines is 1. The first-order valence-corrected chi connectivity index (χ1v) is 9.46. The van der Waals surface area contributed by atoms with Gasteiger partial charge in [0.25, 0.3) is 0 Å². The molecular weight excluding hydrogens is 458 g/mol. The number of ether oxygens (including phenoxy) is 2. The molecule has 0 amide bonds. The molecule has 176 valence electrons. The van der Waals surface area contributed by atoms with Crippen LogP contribution in [0.15, 0.2) is 42.5 Å². The van der Waals surface area contributed by atoms with Gasteiger partial charge in [0, 0.05) is 6.42 Å². The maximum atomic E-state index is 12.7. The Labute approximate surface area is 183 Å². The normalized spacial score (nSPS) is 18.8. The third-order valence-corrected chi connectivity index (χ3v) is 4.97. The van der Waals surface area contributed by atoms with Crippen LogP contribution in [0.25, 0.3) is 0 Å². The summed E-state index contributed by atoms with van der Waals surface area (Å²) in [7, 11) is 0. The lowest BCUT2D eigenvalue weighted by atomic mass is 10.1. The molecule has 2 atom stereocenters. The second-order valence-electron chi connectivity index (χ2n) is 7.21. The highest BCUT2D eigenvalue weighted by Gasteiger charge is 2.39. The largest absolute Gasteiger partial charge is 0.522 e. The Morgan fingerprint density at radius 3 is 2.33 bits per heavy atom. The van der Waals surface area contributed by atoms with Crippen LogP contribution >= 0.6 is 0 Å². The SMILES string of the molecule is N#Cc1cc(C(=O)O)ccc1N1C[C@@H](Oc2ccc(C(F)(F)F)cc2)C[C@H]1COC(F)(F)F. The van der Waals surface area contributed by atoms with Crippen molar-refractivity contribution in [2.24, 2.45) is 0 Å². The van der Waals surface area contributed by atoms with E-state index in [1.165, 1.54) is 17.0 Å². The van der Waals surface area contributed by atoms with Crippen molar-refractivity contribution in [3.63, 3.8) is 0 Å². The summed E-state index contributed by atoms with van der Waals surface area (Å²) in [5, 5.41) is 18.5. The Morgan fingerprint density at radius 2 is 1.79 bits per heavy atom. The van der Waals surface area contributed by atoms with Gasteiger partial charge < -0.3 is 14.7 Å². The van der Waals surface area contributed by atoms with Gasteiger partial charge in [0.15, 0.2) is 0 Å². The fourth-order valence-corrected chi connectivity index (χ4v) is 3.53. The minimum Gasteiger partial charge on any atom is -0.489 e. The van der Waals surface area contributed by atoms with E-state index in [1.54, 1.807) is 0 Å². The van der Waals surface area contributed by atoms with Gasteiger partial charge in [-0.25, -0.2) is 4.79 Å². The monoisotopic (exact) mass is 474 g/mol. The minimum absolute atomic E-state index is 0.00595. The van der Waals surface area contributed by atoms with E-state index in [0.717, 1.165) is 30.3 Å². The first-order chi connectivity index (χ1) is 15.4. The van der Waals surface area contributed by atoms with Gasteiger partial charge in [0.2, 0.25) is 0 Å². The molecule has 2 aromatic carbocycles. The van der Waals surface area contributed by atoms with E-state index < -0.39 is 42.8 Å². The minimum atomic E-state index is -4.90. The van der Waals surface area contributed by atoms with Crippen LogP contribution in [0.2, 0.25) is 0 Å². The van der Waals surface area contributed by atoms with E-state index in [-0.39, 0.29) is 35.5 Å². The van der Waals surface area contributed by atoms with Crippen molar-refractivity contribution in [2.45, 2.75) is 31.1 Å². The topological polar surface area (TPSA) is 82.8 Å². The zero-order valence-corrected chi connectivity index (χ0v) is 16.7. The van der Waals surface area contributed by atoms with Crippen molar-refractivity contribution in [1.82, 2.24) is 0 Å². The molecule has 1 heterocycles. The maximum absolute atomic E-state index is 12.7. The highest BCUT2D eigenvalue weighted by atomic mass is 19.4. The number of nitriles is 1. The second-order valence-corrected chi connectivity index (χ2v) is 7.21. The predicted molar refractivity (Wildman–Crippen MR) is 102 cm³/mol. The van der Waals surface area contributed by atoms with Gasteiger partial charge >= 0.3 is 18.5 Å². The molecule has 33 heavy (non-hydrogen) atoms. The van der Waals surface area contributed by atoms with Gasteiger partial charge in [0.05, 0.1) is 41.6 Å². The number of carboxylic acid groups (broad SMARTS) is 1. The summed E-state index contributed by atoms with van der Waals surface area (Å²) in [6.45, 7) is -0.796. The van der Waals surface area contributed by atoms with Gasteiger partial charge in [-0.3, -0.25) is 4.74 Å². The maximum Gasteiger partial charge on any atom is 0.522 e. The van der Waals surface area contributed by atoms with E-state index in [9.17, 15) is 36.4 Å². The average molecular weight is 474 g/mol. The number of hydrogen-bond acceptors (Lipinski definition) is 5. The van der Waals surface area contributed by atoms with E-state index in [0.29, 0.717) is 0 Å². The molecule has 0 saturated carbocycles. The summed E-state index contributed by atoms with van der Waals surface area (Å²) in [5.74, 6) is -1.19. The number of nitrogens with zero attached hydrogens (tertiary/aromatic N) is 2. The van der Waals surface area contributed by atoms with E-state index in [2.05, 4.69) is 4.74 Å². The van der Waals surface area contributed by atoms with Crippen molar-refractivity contribution < 1.29 is 45.7 Å². The van der Waals surface area contributed by atoms with Crippen LogP contribution in [-0.4, -0.2) is 42.7 Å². The fraction of sp³-hybridized carbons (Fsp3) is 0.333. The van der Waals surface area contributed by atoms with Crippen molar-refractivity contribution in [3.05, 3.63) is 59.2 Å². The van der Waals surface area contributed by atoms with Crippen molar-refractivity contribution in [2.75, 3.05) is 18.1 Å². The molecule has 0 radical (unpaired) electrons. The van der Waals surface area contributed by atoms with Crippen molar-refractivity contribution in [3.8, 4) is 11.8 Å². The molecule has 0 bridgehead atoms. The molecule has 6 nitrogen and oxygen atoms in total. The van der Waals surface area contributed by atoms with Crippen LogP contribution in [0.4, 0.5) is 32.0 Å². The molecule has 3 rings (SSSR count). The summed E-state index contributed by atoms with van der Waals surface area (Å²) in [4.78, 5) is 12.6. The standard InChI is InChI=1S/C21H16F6N2O4/c22-20(23,24)14-2-4-16(5-3-14)33-17-8-15(11-32-21(25,26)27)29(10-17)18-6-1-12(19(30)31)7-13(18)9-28/h1-7,15,17H,8,10-11H2,(H,30,31)/t15-,17-/m0/s1. The number of halogens is 6. The van der Waals surface area contributed by atoms with Crippen LogP contribution in [-0.2, 0) is 10.9 Å². The molecule has 1 N–H and O–H groups in total. The fourth-order valence-electron chi connectivity index (χ4n) is 3.53. The molecule has 12 heteroatoms. The highest BCUT2D eigenvalue weighted by Crippen LogP contribution is 2.34. The van der Waals surface area contributed by atoms with Gasteiger partial charge in [-0.05, 0) is 42.5 Å². The third kappa shape index (κ3) is 6.07. The zero-order chi connectivity index (χ0) is 24.4. The van der Waals surface area contributed by atoms with Crippen LogP contribution in [0.1, 0.15) is 27.9 Å². The summed E-state index contributed by atoms with van der Waals surface area (Å²) < 4.78 is 85.7. The Morgan fingerprint density at radius 1 is 1.12 bits per heavy atom. The Hall–Kier alpha value is -3.46. The smallest absolute Gasteiger partial charge is 0.489 e. The Kier molecular flexibility index (Phi) is 6.73. The number of carboxylic acids is 1. The van der Waals surface area contributed by atoms with Crippen LogP contribution in [0.3, 0.4) is 0 Å². The third-order valence-electron chi connectivity index (χ3n) is 4.97. The molecule has 0 unspecified atom stereocenters. The lowest BCUT2D eigenvalue weighted by molar-refractivity contribution is -0.325. The summed E-state index contributed by atoms with van der Waals surface area (Å²) in [6.07, 6.45) is -10.1. The quantitative estimate of drug-likeness (QED) is 0.604. The molecule has 1 aliphatic rings. The molecule has 2 aromatic rings. The summed E-state index contributed by atoms with van der Waals surface area (Å²) >= 11 is 0. The molecule has 1 fully saturated rings. The number of carbonyl (C=O) groups is 1.